The van der Waals surface area contributed by atoms with Crippen molar-refractivity contribution in [1.82, 2.24) is 0 Å². The van der Waals surface area contributed by atoms with E-state index in [4.69, 9.17) is 4.74 Å². The van der Waals surface area contributed by atoms with E-state index in [0.29, 0.717) is 17.5 Å². The minimum absolute atomic E-state index is 0.146. The Morgan fingerprint density at radius 1 is 0.781 bits per heavy atom. The number of hydrogen-bond donors (Lipinski definition) is 0. The Hall–Kier alpha value is -3.79. The zero-order chi connectivity index (χ0) is 22.3. The molecule has 2 aliphatic carbocycles. The molecule has 0 aliphatic heterocycles. The molecule has 4 nitrogen and oxygen atoms in total. The first-order chi connectivity index (χ1) is 15.6. The second-order valence-corrected chi connectivity index (χ2v) is 8.26. The zero-order valence-corrected chi connectivity index (χ0v) is 17.7. The average Bonchev–Trinajstić information content (AvgIpc) is 3.07. The van der Waals surface area contributed by atoms with Crippen molar-refractivity contribution in [2.45, 2.75) is 18.3 Å². The number of esters is 1. The van der Waals surface area contributed by atoms with Crippen LogP contribution in [0.3, 0.4) is 0 Å². The van der Waals surface area contributed by atoms with Gasteiger partial charge >= 0.3 is 5.97 Å². The molecule has 158 valence electrons. The summed E-state index contributed by atoms with van der Waals surface area (Å²) >= 11 is 0. The number of carbonyl (C=O) groups is 3. The van der Waals surface area contributed by atoms with E-state index >= 15 is 0 Å². The molecular formula is C28H22O4. The van der Waals surface area contributed by atoms with Crippen LogP contribution in [0.25, 0.3) is 0 Å². The lowest BCUT2D eigenvalue weighted by atomic mass is 9.55. The number of ether oxygens (including phenoxy) is 1. The standard InChI is InChI=1S/C28H22O4/c1-32-27(31)23-17-16-20(18-10-4-2-5-11-18)24(19-12-6-3-7-13-19)28(23)25(29)21-14-8-9-15-22(21)26(28)30/h2-15,17,20,24H,16H2,1H3/t20-,24-/m0/s1. The van der Waals surface area contributed by atoms with Crippen molar-refractivity contribution in [2.24, 2.45) is 5.41 Å². The van der Waals surface area contributed by atoms with Crippen molar-refractivity contribution in [3.63, 3.8) is 0 Å². The van der Waals surface area contributed by atoms with Crippen molar-refractivity contribution >= 4 is 17.5 Å². The van der Waals surface area contributed by atoms with Crippen molar-refractivity contribution in [3.05, 3.63) is 119 Å². The largest absolute Gasteiger partial charge is 0.466 e. The third kappa shape index (κ3) is 2.72. The smallest absolute Gasteiger partial charge is 0.334 e. The summed E-state index contributed by atoms with van der Waals surface area (Å²) in [5.41, 5.74) is 1.09. The Morgan fingerprint density at radius 3 is 1.81 bits per heavy atom. The summed E-state index contributed by atoms with van der Waals surface area (Å²) in [5.74, 6) is -1.99. The number of fused-ring (bicyclic) bond motifs is 1. The molecule has 0 saturated heterocycles. The van der Waals surface area contributed by atoms with E-state index in [9.17, 15) is 14.4 Å². The van der Waals surface area contributed by atoms with Gasteiger partial charge in [-0.05, 0) is 23.5 Å². The first-order valence-corrected chi connectivity index (χ1v) is 10.7. The quantitative estimate of drug-likeness (QED) is 0.434. The van der Waals surface area contributed by atoms with Crippen LogP contribution in [0.4, 0.5) is 0 Å². The van der Waals surface area contributed by atoms with Crippen molar-refractivity contribution in [2.75, 3.05) is 7.11 Å². The van der Waals surface area contributed by atoms with E-state index in [1.54, 1.807) is 30.3 Å². The lowest BCUT2D eigenvalue weighted by Crippen LogP contribution is -2.48. The topological polar surface area (TPSA) is 60.4 Å². The molecule has 0 fully saturated rings. The van der Waals surface area contributed by atoms with Gasteiger partial charge in [0.15, 0.2) is 11.6 Å². The summed E-state index contributed by atoms with van der Waals surface area (Å²) in [7, 11) is 1.29. The average molecular weight is 422 g/mol. The lowest BCUT2D eigenvalue weighted by molar-refractivity contribution is -0.137. The van der Waals surface area contributed by atoms with Crippen LogP contribution in [0.5, 0.6) is 0 Å². The Balaban J connectivity index is 1.84. The fourth-order valence-electron chi connectivity index (χ4n) is 5.47. The molecule has 0 radical (unpaired) electrons. The molecule has 2 atom stereocenters. The van der Waals surface area contributed by atoms with Crippen LogP contribution in [0.2, 0.25) is 0 Å². The predicted octanol–water partition coefficient (Wildman–Crippen LogP) is 5.12. The highest BCUT2D eigenvalue weighted by Crippen LogP contribution is 2.60. The minimum Gasteiger partial charge on any atom is -0.466 e. The summed E-state index contributed by atoms with van der Waals surface area (Å²) in [6, 6.07) is 26.3. The van der Waals surface area contributed by atoms with Gasteiger partial charge in [0.05, 0.1) is 12.7 Å². The molecule has 0 unspecified atom stereocenters. The predicted molar refractivity (Wildman–Crippen MR) is 121 cm³/mol. The zero-order valence-electron chi connectivity index (χ0n) is 17.7. The third-order valence-electron chi connectivity index (χ3n) is 6.79. The van der Waals surface area contributed by atoms with Crippen molar-refractivity contribution in [3.8, 4) is 0 Å². The van der Waals surface area contributed by atoms with Crippen LogP contribution in [-0.2, 0) is 9.53 Å². The fourth-order valence-corrected chi connectivity index (χ4v) is 5.47. The van der Waals surface area contributed by atoms with Gasteiger partial charge in [-0.1, -0.05) is 91.0 Å². The molecule has 0 saturated carbocycles. The maximum atomic E-state index is 14.1. The number of carbonyl (C=O) groups excluding carboxylic acids is 3. The van der Waals surface area contributed by atoms with Gasteiger partial charge in [-0.25, -0.2) is 4.79 Å². The highest BCUT2D eigenvalue weighted by atomic mass is 16.5. The second kappa shape index (κ2) is 7.72. The molecule has 2 aliphatic rings. The molecule has 0 amide bonds. The number of Topliss-reactive ketones (excluding diaryl/α,β-unsaturated/α-hetero) is 2. The van der Waals surface area contributed by atoms with E-state index < -0.39 is 17.3 Å². The number of rotatable bonds is 3. The summed E-state index contributed by atoms with van der Waals surface area (Å²) in [5, 5.41) is 0. The molecule has 0 aromatic heterocycles. The lowest BCUT2D eigenvalue weighted by Gasteiger charge is -2.44. The first-order valence-electron chi connectivity index (χ1n) is 10.7. The van der Waals surface area contributed by atoms with Crippen LogP contribution >= 0.6 is 0 Å². The Labute approximate surface area is 186 Å². The van der Waals surface area contributed by atoms with Gasteiger partial charge in [-0.3, -0.25) is 9.59 Å². The molecule has 0 heterocycles. The van der Waals surface area contributed by atoms with Crippen molar-refractivity contribution < 1.29 is 19.1 Å². The molecule has 4 heteroatoms. The van der Waals surface area contributed by atoms with Gasteiger partial charge in [0.2, 0.25) is 0 Å². The Morgan fingerprint density at radius 2 is 1.28 bits per heavy atom. The van der Waals surface area contributed by atoms with Crippen LogP contribution in [0.1, 0.15) is 50.1 Å². The molecule has 3 aromatic carbocycles. The van der Waals surface area contributed by atoms with Crippen LogP contribution in [-0.4, -0.2) is 24.6 Å². The highest BCUT2D eigenvalue weighted by molar-refractivity contribution is 6.34. The molecule has 32 heavy (non-hydrogen) atoms. The number of methoxy groups -OCH3 is 1. The van der Waals surface area contributed by atoms with Gasteiger partial charge in [-0.15, -0.1) is 0 Å². The van der Waals surface area contributed by atoms with Gasteiger partial charge in [-0.2, -0.15) is 0 Å². The van der Waals surface area contributed by atoms with E-state index in [1.165, 1.54) is 7.11 Å². The number of allylic oxidation sites excluding steroid dienone is 1. The molecule has 0 bridgehead atoms. The van der Waals surface area contributed by atoms with Crippen molar-refractivity contribution in [1.29, 1.82) is 0 Å². The van der Waals surface area contributed by atoms with Gasteiger partial charge in [0, 0.05) is 17.0 Å². The fraction of sp³-hybridized carbons (Fsp3) is 0.179. The summed E-state index contributed by atoms with van der Waals surface area (Å²) in [6.07, 6.45) is 2.26. The van der Waals surface area contributed by atoms with Gasteiger partial charge in [0.25, 0.3) is 0 Å². The molecule has 5 rings (SSSR count). The van der Waals surface area contributed by atoms with Crippen LogP contribution < -0.4 is 0 Å². The molecule has 1 spiro atoms. The second-order valence-electron chi connectivity index (χ2n) is 8.26. The first kappa shape index (κ1) is 20.1. The van der Waals surface area contributed by atoms with E-state index in [2.05, 4.69) is 0 Å². The van der Waals surface area contributed by atoms with Gasteiger partial charge < -0.3 is 4.74 Å². The molecular weight excluding hydrogens is 400 g/mol. The van der Waals surface area contributed by atoms with E-state index in [0.717, 1.165) is 11.1 Å². The summed E-state index contributed by atoms with van der Waals surface area (Å²) in [6.45, 7) is 0. The Kier molecular flexibility index (Phi) is 4.86. The highest BCUT2D eigenvalue weighted by Gasteiger charge is 2.64. The monoisotopic (exact) mass is 422 g/mol. The number of benzene rings is 3. The molecule has 0 N–H and O–H groups in total. The summed E-state index contributed by atoms with van der Waals surface area (Å²) < 4.78 is 5.09. The number of hydrogen-bond acceptors (Lipinski definition) is 4. The van der Waals surface area contributed by atoms with Crippen LogP contribution in [0, 0.1) is 5.41 Å². The minimum atomic E-state index is -1.66. The SMILES string of the molecule is COC(=O)C1=CC[C@@H](c2ccccc2)[C@H](c2ccccc2)C12C(=O)c1ccccc1C2=O. The number of ketones is 2. The normalized spacial score (nSPS) is 21.2. The Bertz CT molecular complexity index is 1210. The summed E-state index contributed by atoms with van der Waals surface area (Å²) in [4.78, 5) is 41.2. The van der Waals surface area contributed by atoms with Crippen LogP contribution in [0.15, 0.2) is 96.6 Å². The van der Waals surface area contributed by atoms with E-state index in [1.807, 2.05) is 60.7 Å². The maximum absolute atomic E-state index is 14.1. The molecule has 3 aromatic rings. The van der Waals surface area contributed by atoms with Gasteiger partial charge in [0.1, 0.15) is 5.41 Å². The third-order valence-corrected chi connectivity index (χ3v) is 6.79. The van der Waals surface area contributed by atoms with E-state index in [-0.39, 0.29) is 23.1 Å². The maximum Gasteiger partial charge on any atom is 0.334 e.